The number of aromatic nitrogens is 1. The lowest BCUT2D eigenvalue weighted by molar-refractivity contribution is 0.580. The number of sulfonamides is 1. The Morgan fingerprint density at radius 1 is 1.33 bits per heavy atom. The average Bonchev–Trinajstić information content (AvgIpc) is 2.48. The Kier molecular flexibility index (Phi) is 5.37. The van der Waals surface area contributed by atoms with Crippen molar-refractivity contribution in [2.75, 3.05) is 0 Å². The molecule has 0 saturated carbocycles. The number of halogens is 2. The van der Waals surface area contributed by atoms with Crippen molar-refractivity contribution in [1.82, 2.24) is 9.71 Å². The second-order valence-electron chi connectivity index (χ2n) is 4.36. The zero-order valence-corrected chi connectivity index (χ0v) is 14.5. The van der Waals surface area contributed by atoms with Crippen LogP contribution in [-0.2, 0) is 23.0 Å². The van der Waals surface area contributed by atoms with E-state index >= 15 is 0 Å². The number of nitrogens with one attached hydrogen (secondary N) is 1. The van der Waals surface area contributed by atoms with Gasteiger partial charge in [-0.2, -0.15) is 0 Å². The van der Waals surface area contributed by atoms with Crippen molar-refractivity contribution >= 4 is 37.6 Å². The standard InChI is InChI=1S/C14H14BrClN2O2S/c1-2-10-4-3-7-17-14(10)9-18-21(19,20)11-5-6-13(16)12(15)8-11/h3-8,18H,2,9H2,1H3. The zero-order valence-electron chi connectivity index (χ0n) is 11.3. The average molecular weight is 390 g/mol. The van der Waals surface area contributed by atoms with E-state index in [2.05, 4.69) is 25.6 Å². The Bertz CT molecular complexity index is 750. The van der Waals surface area contributed by atoms with Crippen molar-refractivity contribution < 1.29 is 8.42 Å². The Hall–Kier alpha value is -0.950. The molecule has 21 heavy (non-hydrogen) atoms. The largest absolute Gasteiger partial charge is 0.260 e. The molecule has 1 aromatic carbocycles. The molecule has 1 N–H and O–H groups in total. The van der Waals surface area contributed by atoms with Gasteiger partial charge in [0.2, 0.25) is 10.0 Å². The van der Waals surface area contributed by atoms with Gasteiger partial charge >= 0.3 is 0 Å². The van der Waals surface area contributed by atoms with Crippen molar-refractivity contribution in [3.63, 3.8) is 0 Å². The molecule has 0 aliphatic rings. The SMILES string of the molecule is CCc1cccnc1CNS(=O)(=O)c1ccc(Cl)c(Br)c1. The predicted octanol–water partition coefficient (Wildman–Crippen LogP) is 3.54. The highest BCUT2D eigenvalue weighted by Crippen LogP contribution is 2.25. The van der Waals surface area contributed by atoms with Gasteiger partial charge in [-0.25, -0.2) is 13.1 Å². The molecule has 112 valence electrons. The summed E-state index contributed by atoms with van der Waals surface area (Å²) in [7, 11) is -3.60. The van der Waals surface area contributed by atoms with E-state index < -0.39 is 10.0 Å². The van der Waals surface area contributed by atoms with E-state index in [1.807, 2.05) is 19.1 Å². The van der Waals surface area contributed by atoms with Crippen LogP contribution < -0.4 is 4.72 Å². The Balaban J connectivity index is 2.20. The molecule has 1 heterocycles. The summed E-state index contributed by atoms with van der Waals surface area (Å²) < 4.78 is 27.6. The minimum atomic E-state index is -3.60. The summed E-state index contributed by atoms with van der Waals surface area (Å²) in [5, 5.41) is 0.465. The quantitative estimate of drug-likeness (QED) is 0.851. The first-order valence-electron chi connectivity index (χ1n) is 6.31. The second-order valence-corrected chi connectivity index (χ2v) is 7.39. The van der Waals surface area contributed by atoms with Crippen LogP contribution in [0.4, 0.5) is 0 Å². The molecular formula is C14H14BrClN2O2S. The molecule has 7 heteroatoms. The fourth-order valence-corrected chi connectivity index (χ4v) is 3.50. The highest BCUT2D eigenvalue weighted by molar-refractivity contribution is 9.10. The summed E-state index contributed by atoms with van der Waals surface area (Å²) in [6, 6.07) is 8.26. The van der Waals surface area contributed by atoms with Gasteiger partial charge in [0.1, 0.15) is 0 Å². The fourth-order valence-electron chi connectivity index (χ4n) is 1.84. The van der Waals surface area contributed by atoms with Crippen LogP contribution >= 0.6 is 27.5 Å². The summed E-state index contributed by atoms with van der Waals surface area (Å²) in [5.74, 6) is 0. The van der Waals surface area contributed by atoms with Crippen molar-refractivity contribution in [2.45, 2.75) is 24.8 Å². The Morgan fingerprint density at radius 2 is 2.10 bits per heavy atom. The molecule has 0 amide bonds. The maximum absolute atomic E-state index is 12.3. The van der Waals surface area contributed by atoms with Gasteiger partial charge in [0.15, 0.2) is 0 Å². The minimum Gasteiger partial charge on any atom is -0.260 e. The molecule has 2 aromatic rings. The van der Waals surface area contributed by atoms with E-state index in [1.165, 1.54) is 12.1 Å². The van der Waals surface area contributed by atoms with E-state index in [9.17, 15) is 8.42 Å². The highest BCUT2D eigenvalue weighted by atomic mass is 79.9. The maximum atomic E-state index is 12.3. The number of hydrogen-bond acceptors (Lipinski definition) is 3. The van der Waals surface area contributed by atoms with Crippen molar-refractivity contribution in [3.8, 4) is 0 Å². The van der Waals surface area contributed by atoms with Crippen LogP contribution in [0.5, 0.6) is 0 Å². The molecule has 0 fully saturated rings. The summed E-state index contributed by atoms with van der Waals surface area (Å²) in [4.78, 5) is 4.38. The molecular weight excluding hydrogens is 376 g/mol. The second kappa shape index (κ2) is 6.87. The van der Waals surface area contributed by atoms with E-state index in [0.717, 1.165) is 17.7 Å². The third-order valence-electron chi connectivity index (χ3n) is 3.00. The predicted molar refractivity (Wildman–Crippen MR) is 86.8 cm³/mol. The number of rotatable bonds is 5. The molecule has 0 bridgehead atoms. The van der Waals surface area contributed by atoms with Gasteiger partial charge < -0.3 is 0 Å². The van der Waals surface area contributed by atoms with Crippen LogP contribution in [0, 0.1) is 0 Å². The zero-order chi connectivity index (χ0) is 15.5. The van der Waals surface area contributed by atoms with Gasteiger partial charge in [0.25, 0.3) is 0 Å². The number of nitrogens with zero attached hydrogens (tertiary/aromatic N) is 1. The van der Waals surface area contributed by atoms with Gasteiger partial charge in [-0.1, -0.05) is 24.6 Å². The fraction of sp³-hybridized carbons (Fsp3) is 0.214. The molecule has 0 aliphatic carbocycles. The summed E-state index contributed by atoms with van der Waals surface area (Å²) >= 11 is 9.09. The lowest BCUT2D eigenvalue weighted by atomic mass is 10.1. The molecule has 0 aliphatic heterocycles. The number of pyridine rings is 1. The van der Waals surface area contributed by atoms with Gasteiger partial charge in [-0.05, 0) is 52.2 Å². The lowest BCUT2D eigenvalue weighted by Gasteiger charge is -2.09. The van der Waals surface area contributed by atoms with Crippen LogP contribution in [0.1, 0.15) is 18.2 Å². The molecule has 0 spiro atoms. The molecule has 2 rings (SSSR count). The molecule has 1 aromatic heterocycles. The summed E-state index contributed by atoms with van der Waals surface area (Å²) in [6.45, 7) is 2.16. The van der Waals surface area contributed by atoms with Gasteiger partial charge in [0.05, 0.1) is 22.2 Å². The van der Waals surface area contributed by atoms with E-state index in [-0.39, 0.29) is 11.4 Å². The van der Waals surface area contributed by atoms with Gasteiger partial charge in [-0.15, -0.1) is 0 Å². The van der Waals surface area contributed by atoms with Crippen molar-refractivity contribution in [2.24, 2.45) is 0 Å². The minimum absolute atomic E-state index is 0.159. The Morgan fingerprint density at radius 3 is 2.76 bits per heavy atom. The topological polar surface area (TPSA) is 59.1 Å². The number of aryl methyl sites for hydroxylation is 1. The van der Waals surface area contributed by atoms with Crippen LogP contribution in [0.15, 0.2) is 45.9 Å². The molecule has 0 saturated heterocycles. The highest BCUT2D eigenvalue weighted by Gasteiger charge is 2.16. The van der Waals surface area contributed by atoms with Gasteiger partial charge in [0, 0.05) is 10.7 Å². The van der Waals surface area contributed by atoms with Crippen molar-refractivity contribution in [3.05, 3.63) is 57.3 Å². The van der Waals surface area contributed by atoms with Crippen LogP contribution in [0.2, 0.25) is 5.02 Å². The van der Waals surface area contributed by atoms with Gasteiger partial charge in [-0.3, -0.25) is 4.98 Å². The van der Waals surface area contributed by atoms with Crippen LogP contribution in [-0.4, -0.2) is 13.4 Å². The maximum Gasteiger partial charge on any atom is 0.240 e. The monoisotopic (exact) mass is 388 g/mol. The first-order chi connectivity index (χ1) is 9.94. The molecule has 0 atom stereocenters. The lowest BCUT2D eigenvalue weighted by Crippen LogP contribution is -2.24. The Labute approximate surface area is 137 Å². The molecule has 0 radical (unpaired) electrons. The smallest absolute Gasteiger partial charge is 0.240 e. The normalized spacial score (nSPS) is 11.6. The summed E-state index contributed by atoms with van der Waals surface area (Å²) in [6.07, 6.45) is 2.46. The summed E-state index contributed by atoms with van der Waals surface area (Å²) in [5.41, 5.74) is 1.76. The van der Waals surface area contributed by atoms with E-state index in [4.69, 9.17) is 11.6 Å². The number of hydrogen-bond donors (Lipinski definition) is 1. The van der Waals surface area contributed by atoms with E-state index in [1.54, 1.807) is 12.3 Å². The third-order valence-corrected chi connectivity index (χ3v) is 5.61. The van der Waals surface area contributed by atoms with Crippen molar-refractivity contribution in [1.29, 1.82) is 0 Å². The van der Waals surface area contributed by atoms with Crippen LogP contribution in [0.25, 0.3) is 0 Å². The first kappa shape index (κ1) is 16.4. The van der Waals surface area contributed by atoms with Crippen LogP contribution in [0.3, 0.4) is 0 Å². The third kappa shape index (κ3) is 4.03. The molecule has 0 unspecified atom stereocenters. The first-order valence-corrected chi connectivity index (χ1v) is 8.97. The van der Waals surface area contributed by atoms with E-state index in [0.29, 0.717) is 9.50 Å². The molecule has 4 nitrogen and oxygen atoms in total. The number of benzene rings is 1.